The van der Waals surface area contributed by atoms with Gasteiger partial charge in [0, 0.05) is 48.7 Å². The van der Waals surface area contributed by atoms with Crippen LogP contribution in [0, 0.1) is 5.82 Å². The van der Waals surface area contributed by atoms with Crippen LogP contribution in [-0.4, -0.2) is 102 Å². The number of benzene rings is 3. The summed E-state index contributed by atoms with van der Waals surface area (Å²) >= 11 is 0. The second-order valence-electron chi connectivity index (χ2n) is 14.5. The molecular formula is C36H42FN7O4S. The third kappa shape index (κ3) is 5.41. The number of rotatable bonds is 8. The first-order valence-electron chi connectivity index (χ1n) is 17.6. The highest BCUT2D eigenvalue weighted by Gasteiger charge is 2.48. The van der Waals surface area contributed by atoms with E-state index in [4.69, 9.17) is 14.7 Å². The van der Waals surface area contributed by atoms with E-state index >= 15 is 4.39 Å². The van der Waals surface area contributed by atoms with Crippen molar-refractivity contribution in [2.24, 2.45) is 0 Å². The van der Waals surface area contributed by atoms with Crippen molar-refractivity contribution in [3.8, 4) is 22.9 Å². The Balaban J connectivity index is 1.10. The van der Waals surface area contributed by atoms with Crippen molar-refractivity contribution in [3.05, 3.63) is 54.3 Å². The molecule has 9 rings (SSSR count). The van der Waals surface area contributed by atoms with Gasteiger partial charge in [0.1, 0.15) is 23.7 Å². The van der Waals surface area contributed by atoms with Gasteiger partial charge in [-0.05, 0) is 99.1 Å². The zero-order valence-electron chi connectivity index (χ0n) is 27.4. The lowest BCUT2D eigenvalue weighted by Crippen LogP contribution is -2.59. The molecule has 49 heavy (non-hydrogen) atoms. The lowest BCUT2D eigenvalue weighted by Gasteiger charge is -2.41. The first-order chi connectivity index (χ1) is 23.8. The van der Waals surface area contributed by atoms with E-state index in [9.17, 15) is 13.5 Å². The van der Waals surface area contributed by atoms with Gasteiger partial charge in [0.2, 0.25) is 0 Å². The summed E-state index contributed by atoms with van der Waals surface area (Å²) in [4.78, 5) is 14.3. The summed E-state index contributed by atoms with van der Waals surface area (Å²) in [6.45, 7) is 4.87. The molecular weight excluding hydrogens is 646 g/mol. The van der Waals surface area contributed by atoms with Crippen molar-refractivity contribution >= 4 is 37.7 Å². The summed E-state index contributed by atoms with van der Waals surface area (Å²) in [7, 11) is -3.68. The Hall–Kier alpha value is -3.62. The molecule has 5 saturated heterocycles. The molecule has 0 spiro atoms. The Morgan fingerprint density at radius 2 is 1.76 bits per heavy atom. The number of aromatic nitrogens is 2. The van der Waals surface area contributed by atoms with Gasteiger partial charge in [-0.1, -0.05) is 30.3 Å². The van der Waals surface area contributed by atoms with Crippen LogP contribution in [0.3, 0.4) is 0 Å². The van der Waals surface area contributed by atoms with Crippen molar-refractivity contribution in [2.45, 2.75) is 68.6 Å². The number of nitrogens with one attached hydrogen (secondary N) is 2. The van der Waals surface area contributed by atoms with E-state index in [1.54, 1.807) is 22.5 Å². The Bertz CT molecular complexity index is 2020. The normalized spacial score (nSPS) is 25.5. The van der Waals surface area contributed by atoms with E-state index in [0.717, 1.165) is 75.4 Å². The maximum absolute atomic E-state index is 16.9. The van der Waals surface area contributed by atoms with E-state index in [1.807, 2.05) is 30.3 Å². The predicted octanol–water partition coefficient (Wildman–Crippen LogP) is 4.15. The van der Waals surface area contributed by atoms with Crippen molar-refractivity contribution in [1.29, 1.82) is 0 Å². The maximum Gasteiger partial charge on any atom is 0.319 e. The van der Waals surface area contributed by atoms with Crippen molar-refractivity contribution in [2.75, 3.05) is 50.8 Å². The number of phenols is 1. The number of anilines is 1. The highest BCUT2D eigenvalue weighted by molar-refractivity contribution is 7.87. The Labute approximate surface area is 285 Å². The van der Waals surface area contributed by atoms with Crippen molar-refractivity contribution < 1.29 is 22.7 Å². The minimum absolute atomic E-state index is 0.0414. The van der Waals surface area contributed by atoms with Crippen LogP contribution < -0.4 is 19.7 Å². The summed E-state index contributed by atoms with van der Waals surface area (Å²) in [6.07, 6.45) is 6.64. The van der Waals surface area contributed by atoms with E-state index in [-0.39, 0.29) is 40.9 Å². The van der Waals surface area contributed by atoms with Crippen molar-refractivity contribution in [1.82, 2.24) is 29.2 Å². The Kier molecular flexibility index (Phi) is 7.69. The molecule has 1 aromatic heterocycles. The fourth-order valence-corrected chi connectivity index (χ4v) is 11.1. The van der Waals surface area contributed by atoms with E-state index in [2.05, 4.69) is 19.8 Å². The largest absolute Gasteiger partial charge is 0.508 e. The first-order valence-corrected chi connectivity index (χ1v) is 19.1. The van der Waals surface area contributed by atoms with Gasteiger partial charge in [-0.2, -0.15) is 27.4 Å². The fraction of sp³-hybridized carbons (Fsp3) is 0.500. The number of piperazine rings is 1. The van der Waals surface area contributed by atoms with Crippen LogP contribution in [0.1, 0.15) is 44.9 Å². The van der Waals surface area contributed by atoms with Gasteiger partial charge in [-0.15, -0.1) is 0 Å². The van der Waals surface area contributed by atoms with Gasteiger partial charge in [-0.3, -0.25) is 4.90 Å². The van der Waals surface area contributed by atoms with E-state index < -0.39 is 16.0 Å². The van der Waals surface area contributed by atoms with Gasteiger partial charge >= 0.3 is 6.01 Å². The third-order valence-corrected chi connectivity index (χ3v) is 13.3. The summed E-state index contributed by atoms with van der Waals surface area (Å²) in [5, 5.41) is 16.0. The van der Waals surface area contributed by atoms with Crippen LogP contribution in [0.25, 0.3) is 32.8 Å². The number of hydrogen-bond donors (Lipinski definition) is 3. The molecule has 4 aromatic rings. The number of nitrogens with zero attached hydrogens (tertiary/aromatic N) is 5. The zero-order valence-corrected chi connectivity index (χ0v) is 28.3. The third-order valence-electron chi connectivity index (χ3n) is 11.6. The number of fused-ring (bicyclic) bond motifs is 5. The molecule has 258 valence electrons. The quantitative estimate of drug-likeness (QED) is 0.251. The summed E-state index contributed by atoms with van der Waals surface area (Å²) in [5.41, 5.74) is 1.01. The summed E-state index contributed by atoms with van der Waals surface area (Å²) in [5.74, 6) is 0.0988. The SMILES string of the molecule is O=S(=O)(N[C@@H]1CCNC1)N1C2CCC1CN(c1nc(OCC34CCCN3CCC4)nc3c(F)c(-c4cc(O)cc5ccccc45)ccc13)C2. The number of halogens is 1. The molecule has 3 N–H and O–H groups in total. The Morgan fingerprint density at radius 1 is 0.980 bits per heavy atom. The lowest BCUT2D eigenvalue weighted by molar-refractivity contribution is 0.108. The van der Waals surface area contributed by atoms with E-state index in [1.165, 1.54) is 0 Å². The topological polar surface area (TPSA) is 123 Å². The number of hydrogen-bond acceptors (Lipinski definition) is 9. The molecule has 3 atom stereocenters. The minimum atomic E-state index is -3.68. The summed E-state index contributed by atoms with van der Waals surface area (Å²) in [6, 6.07) is 14.0. The number of aromatic hydroxyl groups is 1. The molecule has 0 saturated carbocycles. The number of ether oxygens (including phenoxy) is 1. The standard InChI is InChI=1S/C36H42FN7O4S/c37-32-29(31-18-27(45)17-23-5-1-2-6-28(23)31)9-10-30-33(32)39-35(48-22-36-12-3-15-43(36)16-4-13-36)40-34(30)42-20-25-7-8-26(21-42)44(25)49(46,47)41-24-11-14-38-19-24/h1-2,5-6,9-10,17-18,24-26,38,41,45H,3-4,7-8,11-16,19-22H2/t24-,25?,26?/m1/s1. The van der Waals surface area contributed by atoms with Crippen LogP contribution in [0.2, 0.25) is 0 Å². The van der Waals surface area contributed by atoms with Gasteiger partial charge in [-0.25, -0.2) is 4.39 Å². The van der Waals surface area contributed by atoms with Crippen molar-refractivity contribution in [3.63, 3.8) is 0 Å². The molecule has 5 aliphatic heterocycles. The van der Waals surface area contributed by atoms with Gasteiger partial charge in [0.15, 0.2) is 5.82 Å². The van der Waals surface area contributed by atoms with Gasteiger partial charge in [0.05, 0.1) is 5.54 Å². The molecule has 0 amide bonds. The fourth-order valence-electron chi connectivity index (χ4n) is 9.27. The molecule has 13 heteroatoms. The lowest BCUT2D eigenvalue weighted by atomic mass is 9.95. The molecule has 2 bridgehead atoms. The number of phenolic OH excluding ortho intramolecular Hbond substituents is 1. The highest BCUT2D eigenvalue weighted by atomic mass is 32.2. The van der Waals surface area contributed by atoms with Gasteiger partial charge < -0.3 is 20.1 Å². The molecule has 5 aliphatic rings. The van der Waals surface area contributed by atoms with Crippen LogP contribution in [0.4, 0.5) is 10.2 Å². The maximum atomic E-state index is 16.9. The van der Waals surface area contributed by atoms with Gasteiger partial charge in [0.25, 0.3) is 10.2 Å². The molecule has 6 heterocycles. The monoisotopic (exact) mass is 687 g/mol. The molecule has 0 aliphatic carbocycles. The molecule has 3 aromatic carbocycles. The van der Waals surface area contributed by atoms with Crippen LogP contribution in [0.5, 0.6) is 11.8 Å². The Morgan fingerprint density at radius 3 is 2.51 bits per heavy atom. The average Bonchev–Trinajstić information content (AvgIpc) is 3.88. The molecule has 0 radical (unpaired) electrons. The second kappa shape index (κ2) is 12.0. The highest BCUT2D eigenvalue weighted by Crippen LogP contribution is 2.42. The average molecular weight is 688 g/mol. The minimum Gasteiger partial charge on any atom is -0.508 e. The second-order valence-corrected chi connectivity index (χ2v) is 16.1. The van der Waals surface area contributed by atoms with Crippen LogP contribution >= 0.6 is 0 Å². The predicted molar refractivity (Wildman–Crippen MR) is 187 cm³/mol. The first kappa shape index (κ1) is 31.4. The molecule has 5 fully saturated rings. The molecule has 11 nitrogen and oxygen atoms in total. The summed E-state index contributed by atoms with van der Waals surface area (Å²) < 4.78 is 55.1. The van der Waals surface area contributed by atoms with Crippen LogP contribution in [0.15, 0.2) is 48.5 Å². The zero-order chi connectivity index (χ0) is 33.3. The van der Waals surface area contributed by atoms with Crippen LogP contribution in [-0.2, 0) is 10.2 Å². The molecule has 2 unspecified atom stereocenters. The van der Waals surface area contributed by atoms with E-state index in [0.29, 0.717) is 48.6 Å². The smallest absolute Gasteiger partial charge is 0.319 e.